The predicted octanol–water partition coefficient (Wildman–Crippen LogP) is 2.26. The topological polar surface area (TPSA) is 113 Å². The van der Waals surface area contributed by atoms with Gasteiger partial charge in [-0.2, -0.15) is 0 Å². The molecule has 0 saturated heterocycles. The quantitative estimate of drug-likeness (QED) is 0.425. The van der Waals surface area contributed by atoms with Crippen molar-refractivity contribution in [3.8, 4) is 0 Å². The molecular formula is C13H9ClN4O4S2. The molecule has 0 bridgehead atoms. The lowest BCUT2D eigenvalue weighted by Crippen LogP contribution is -2.48. The van der Waals surface area contributed by atoms with Gasteiger partial charge in [0, 0.05) is 11.6 Å². The van der Waals surface area contributed by atoms with Crippen molar-refractivity contribution in [2.75, 3.05) is 0 Å². The summed E-state index contributed by atoms with van der Waals surface area (Å²) >= 11 is 11.8. The number of hydrogen-bond donors (Lipinski definition) is 3. The normalized spacial score (nSPS) is 9.88. The summed E-state index contributed by atoms with van der Waals surface area (Å²) in [5.41, 5.74) is 4.29. The number of benzene rings is 1. The lowest BCUT2D eigenvalue weighted by Gasteiger charge is -2.10. The van der Waals surface area contributed by atoms with E-state index in [0.29, 0.717) is 4.88 Å². The number of thiophene rings is 1. The van der Waals surface area contributed by atoms with E-state index in [1.807, 2.05) is 0 Å². The first-order chi connectivity index (χ1) is 11.4. The molecule has 0 fully saturated rings. The highest BCUT2D eigenvalue weighted by atomic mass is 35.5. The van der Waals surface area contributed by atoms with E-state index in [4.69, 9.17) is 23.8 Å². The number of nitrogens with one attached hydrogen (secondary N) is 3. The number of nitro benzene ring substituents is 1. The van der Waals surface area contributed by atoms with Crippen LogP contribution in [0.1, 0.15) is 20.0 Å². The van der Waals surface area contributed by atoms with Crippen molar-refractivity contribution in [1.29, 1.82) is 0 Å². The fourth-order valence-electron chi connectivity index (χ4n) is 1.58. The average Bonchev–Trinajstić information content (AvgIpc) is 3.07. The minimum Gasteiger partial charge on any atom is -0.298 e. The number of hydrazine groups is 1. The van der Waals surface area contributed by atoms with Crippen LogP contribution in [0.4, 0.5) is 5.69 Å². The number of nitrogens with zero attached hydrogens (tertiary/aromatic N) is 1. The Morgan fingerprint density at radius 1 is 1.21 bits per heavy atom. The number of amides is 2. The van der Waals surface area contributed by atoms with Crippen LogP contribution in [0, 0.1) is 10.1 Å². The Bertz CT molecular complexity index is 810. The predicted molar refractivity (Wildman–Crippen MR) is 93.1 cm³/mol. The van der Waals surface area contributed by atoms with Gasteiger partial charge < -0.3 is 0 Å². The van der Waals surface area contributed by atoms with E-state index < -0.39 is 22.4 Å². The third-order valence-electron chi connectivity index (χ3n) is 2.67. The van der Waals surface area contributed by atoms with Crippen LogP contribution in [-0.2, 0) is 0 Å². The molecule has 1 heterocycles. The van der Waals surface area contributed by atoms with E-state index in [1.54, 1.807) is 17.5 Å². The number of rotatable bonds is 3. The summed E-state index contributed by atoms with van der Waals surface area (Å²) in [5.74, 6) is -1.10. The first-order valence-corrected chi connectivity index (χ1v) is 7.94. The summed E-state index contributed by atoms with van der Waals surface area (Å²) in [6.45, 7) is 0. The van der Waals surface area contributed by atoms with Gasteiger partial charge >= 0.3 is 0 Å². The van der Waals surface area contributed by atoms with E-state index >= 15 is 0 Å². The molecule has 1 aromatic heterocycles. The van der Waals surface area contributed by atoms with Gasteiger partial charge in [0.25, 0.3) is 17.5 Å². The van der Waals surface area contributed by atoms with Crippen LogP contribution in [0.2, 0.25) is 5.02 Å². The van der Waals surface area contributed by atoms with Crippen LogP contribution in [0.25, 0.3) is 0 Å². The largest absolute Gasteiger partial charge is 0.298 e. The van der Waals surface area contributed by atoms with Gasteiger partial charge in [-0.3, -0.25) is 35.9 Å². The molecule has 0 atom stereocenters. The van der Waals surface area contributed by atoms with Gasteiger partial charge in [0.1, 0.15) is 5.02 Å². The second-order valence-electron chi connectivity index (χ2n) is 4.26. The number of hydrogen-bond acceptors (Lipinski definition) is 6. The number of thiocarbonyl (C=S) groups is 1. The summed E-state index contributed by atoms with van der Waals surface area (Å²) in [7, 11) is 0. The van der Waals surface area contributed by atoms with E-state index in [-0.39, 0.29) is 15.7 Å². The molecule has 2 aromatic rings. The Balaban J connectivity index is 1.94. The monoisotopic (exact) mass is 384 g/mol. The van der Waals surface area contributed by atoms with Crippen LogP contribution in [0.15, 0.2) is 35.7 Å². The molecule has 24 heavy (non-hydrogen) atoms. The molecule has 2 rings (SSSR count). The van der Waals surface area contributed by atoms with Crippen LogP contribution < -0.4 is 16.2 Å². The lowest BCUT2D eigenvalue weighted by molar-refractivity contribution is -0.384. The molecular weight excluding hydrogens is 376 g/mol. The zero-order valence-corrected chi connectivity index (χ0v) is 14.1. The summed E-state index contributed by atoms with van der Waals surface area (Å²) in [5, 5.41) is 14.6. The Labute approximate surface area is 149 Å². The van der Waals surface area contributed by atoms with Crippen molar-refractivity contribution in [2.24, 2.45) is 0 Å². The van der Waals surface area contributed by atoms with Crippen molar-refractivity contribution in [1.82, 2.24) is 16.2 Å². The maximum absolute atomic E-state index is 12.0. The van der Waals surface area contributed by atoms with Crippen molar-refractivity contribution in [3.63, 3.8) is 0 Å². The number of carbonyl (C=O) groups is 2. The molecule has 2 amide bonds. The van der Waals surface area contributed by atoms with Crippen molar-refractivity contribution in [2.45, 2.75) is 0 Å². The Hall–Kier alpha value is -2.56. The molecule has 0 spiro atoms. The second kappa shape index (κ2) is 7.81. The maximum atomic E-state index is 12.0. The molecule has 0 unspecified atom stereocenters. The summed E-state index contributed by atoms with van der Waals surface area (Å²) in [6.07, 6.45) is 0. The highest BCUT2D eigenvalue weighted by Gasteiger charge is 2.17. The zero-order chi connectivity index (χ0) is 17.7. The van der Waals surface area contributed by atoms with E-state index in [9.17, 15) is 19.7 Å². The van der Waals surface area contributed by atoms with Crippen molar-refractivity contribution < 1.29 is 14.5 Å². The first-order valence-electron chi connectivity index (χ1n) is 6.27. The molecule has 0 radical (unpaired) electrons. The maximum Gasteiger partial charge on any atom is 0.288 e. The summed E-state index contributed by atoms with van der Waals surface area (Å²) in [6, 6.07) is 6.93. The van der Waals surface area contributed by atoms with Gasteiger partial charge in [-0.15, -0.1) is 11.3 Å². The smallest absolute Gasteiger partial charge is 0.288 e. The van der Waals surface area contributed by atoms with Gasteiger partial charge in [-0.05, 0) is 35.8 Å². The second-order valence-corrected chi connectivity index (χ2v) is 6.03. The minimum atomic E-state index is -0.697. The molecule has 0 aliphatic carbocycles. The summed E-state index contributed by atoms with van der Waals surface area (Å²) < 4.78 is 0. The minimum absolute atomic E-state index is 0.000154. The molecule has 1 aromatic carbocycles. The van der Waals surface area contributed by atoms with Gasteiger partial charge in [0.05, 0.1) is 9.80 Å². The van der Waals surface area contributed by atoms with E-state index in [0.717, 1.165) is 6.07 Å². The molecule has 0 aliphatic rings. The van der Waals surface area contributed by atoms with Gasteiger partial charge in [0.2, 0.25) is 0 Å². The Morgan fingerprint density at radius 3 is 2.58 bits per heavy atom. The number of nitro groups is 1. The SMILES string of the molecule is O=C(NC(=S)NNC(=O)c1cccs1)c1ccc(Cl)c([N+](=O)[O-])c1. The molecule has 0 saturated carbocycles. The third kappa shape index (κ3) is 4.47. The van der Waals surface area contributed by atoms with Crippen LogP contribution in [0.5, 0.6) is 0 Å². The van der Waals surface area contributed by atoms with Gasteiger partial charge in [-0.25, -0.2) is 0 Å². The Kier molecular flexibility index (Phi) is 5.79. The zero-order valence-electron chi connectivity index (χ0n) is 11.7. The molecule has 3 N–H and O–H groups in total. The van der Waals surface area contributed by atoms with Crippen molar-refractivity contribution in [3.05, 3.63) is 61.3 Å². The standard InChI is InChI=1S/C13H9ClN4O4S2/c14-8-4-3-7(6-9(8)18(21)22)11(19)15-13(23)17-16-12(20)10-2-1-5-24-10/h1-6H,(H,16,20)(H2,15,17,19,23). The highest BCUT2D eigenvalue weighted by Crippen LogP contribution is 2.24. The lowest BCUT2D eigenvalue weighted by atomic mass is 10.2. The number of carbonyl (C=O) groups excluding carboxylic acids is 2. The van der Waals surface area contributed by atoms with E-state index in [2.05, 4.69) is 16.2 Å². The van der Waals surface area contributed by atoms with E-state index in [1.165, 1.54) is 23.5 Å². The number of halogens is 1. The van der Waals surface area contributed by atoms with Crippen LogP contribution in [-0.4, -0.2) is 21.9 Å². The Morgan fingerprint density at radius 2 is 1.96 bits per heavy atom. The first kappa shape index (κ1) is 17.8. The third-order valence-corrected chi connectivity index (χ3v) is 4.06. The molecule has 11 heteroatoms. The average molecular weight is 385 g/mol. The molecule has 8 nitrogen and oxygen atoms in total. The molecule has 124 valence electrons. The van der Waals surface area contributed by atoms with Crippen LogP contribution >= 0.6 is 35.2 Å². The summed E-state index contributed by atoms with van der Waals surface area (Å²) in [4.78, 5) is 34.3. The fraction of sp³-hybridized carbons (Fsp3) is 0. The van der Waals surface area contributed by atoms with Gasteiger partial charge in [0.15, 0.2) is 5.11 Å². The highest BCUT2D eigenvalue weighted by molar-refractivity contribution is 7.80. The molecule has 0 aliphatic heterocycles. The fourth-order valence-corrected chi connectivity index (χ4v) is 2.53. The van der Waals surface area contributed by atoms with Crippen molar-refractivity contribution >= 4 is 57.8 Å². The van der Waals surface area contributed by atoms with Crippen LogP contribution in [0.3, 0.4) is 0 Å². The van der Waals surface area contributed by atoms with Gasteiger partial charge in [-0.1, -0.05) is 17.7 Å².